The van der Waals surface area contributed by atoms with Crippen LogP contribution in [-0.2, 0) is 4.74 Å². The number of carbonyl (C=O) groups is 1. The number of nitriles is 1. The van der Waals surface area contributed by atoms with E-state index in [2.05, 4.69) is 5.32 Å². The maximum Gasteiger partial charge on any atom is 0.412 e. The van der Waals surface area contributed by atoms with E-state index >= 15 is 0 Å². The zero-order valence-electron chi connectivity index (χ0n) is 11.3. The van der Waals surface area contributed by atoms with Gasteiger partial charge in [-0.1, -0.05) is 12.1 Å². The van der Waals surface area contributed by atoms with Gasteiger partial charge in [0.15, 0.2) is 0 Å². The molecule has 1 atom stereocenters. The molecule has 0 bridgehead atoms. The summed E-state index contributed by atoms with van der Waals surface area (Å²) in [7, 11) is 0. The highest BCUT2D eigenvalue weighted by Gasteiger charge is 2.16. The Labute approximate surface area is 112 Å². The Bertz CT molecular complexity index is 469. The van der Waals surface area contributed by atoms with Crippen LogP contribution in [0.3, 0.4) is 0 Å². The number of benzene rings is 1. The van der Waals surface area contributed by atoms with Crippen molar-refractivity contribution in [3.63, 3.8) is 0 Å². The third kappa shape index (κ3) is 5.40. The Morgan fingerprint density at radius 2 is 2.00 bits per heavy atom. The van der Waals surface area contributed by atoms with Crippen LogP contribution >= 0.6 is 0 Å². The van der Waals surface area contributed by atoms with E-state index in [4.69, 9.17) is 10.00 Å². The molecule has 0 radical (unpaired) electrons. The summed E-state index contributed by atoms with van der Waals surface area (Å²) >= 11 is 0. The third-order valence-corrected chi connectivity index (χ3v) is 2.23. The van der Waals surface area contributed by atoms with Crippen molar-refractivity contribution in [3.8, 4) is 6.07 Å². The molecule has 0 aliphatic heterocycles. The summed E-state index contributed by atoms with van der Waals surface area (Å²) in [5.74, 6) is 0. The summed E-state index contributed by atoms with van der Waals surface area (Å²) in [6.07, 6.45) is -1.29. The van der Waals surface area contributed by atoms with Gasteiger partial charge >= 0.3 is 6.09 Å². The first-order valence-electron chi connectivity index (χ1n) is 5.97. The first kappa shape index (κ1) is 15.0. The van der Waals surface area contributed by atoms with Gasteiger partial charge in [-0.15, -0.1) is 0 Å². The molecule has 1 amide bonds. The normalized spacial score (nSPS) is 12.4. The Hall–Kier alpha value is -2.06. The molecule has 0 saturated heterocycles. The molecule has 2 N–H and O–H groups in total. The van der Waals surface area contributed by atoms with Crippen LogP contribution in [0.4, 0.5) is 10.5 Å². The molecule has 0 fully saturated rings. The zero-order valence-corrected chi connectivity index (χ0v) is 11.3. The second-order valence-corrected chi connectivity index (χ2v) is 5.13. The topological polar surface area (TPSA) is 82.3 Å². The first-order chi connectivity index (χ1) is 8.81. The molecule has 0 spiro atoms. The van der Waals surface area contributed by atoms with Crippen LogP contribution in [0.5, 0.6) is 0 Å². The van der Waals surface area contributed by atoms with Gasteiger partial charge in [-0.25, -0.2) is 4.79 Å². The minimum atomic E-state index is -0.805. The van der Waals surface area contributed by atoms with E-state index < -0.39 is 17.8 Å². The predicted octanol–water partition coefficient (Wildman–Crippen LogP) is 2.98. The van der Waals surface area contributed by atoms with E-state index in [1.807, 2.05) is 6.07 Å². The molecule has 0 aromatic heterocycles. The zero-order chi connectivity index (χ0) is 14.5. The number of aliphatic hydroxyl groups excluding tert-OH is 1. The van der Waals surface area contributed by atoms with Crippen molar-refractivity contribution in [3.05, 3.63) is 29.8 Å². The number of hydrogen-bond donors (Lipinski definition) is 2. The van der Waals surface area contributed by atoms with E-state index in [0.717, 1.165) is 0 Å². The highest BCUT2D eigenvalue weighted by Crippen LogP contribution is 2.19. The number of anilines is 1. The molecule has 0 aliphatic rings. The van der Waals surface area contributed by atoms with Gasteiger partial charge in [-0.2, -0.15) is 5.26 Å². The molecule has 0 saturated carbocycles. The van der Waals surface area contributed by atoms with Crippen molar-refractivity contribution in [1.29, 1.82) is 5.26 Å². The molecular weight excluding hydrogens is 244 g/mol. The van der Waals surface area contributed by atoms with Gasteiger partial charge in [0.05, 0.1) is 18.6 Å². The molecule has 0 aliphatic carbocycles. The lowest BCUT2D eigenvalue weighted by Gasteiger charge is -2.19. The predicted molar refractivity (Wildman–Crippen MR) is 71.5 cm³/mol. The number of amides is 1. The summed E-state index contributed by atoms with van der Waals surface area (Å²) < 4.78 is 5.12. The first-order valence-corrected chi connectivity index (χ1v) is 5.97. The van der Waals surface area contributed by atoms with Crippen LogP contribution in [0.2, 0.25) is 0 Å². The molecule has 5 nitrogen and oxygen atoms in total. The molecule has 1 aromatic carbocycles. The summed E-state index contributed by atoms with van der Waals surface area (Å²) in [6.45, 7) is 5.36. The highest BCUT2D eigenvalue weighted by molar-refractivity contribution is 5.84. The fourth-order valence-corrected chi connectivity index (χ4v) is 1.41. The summed E-state index contributed by atoms with van der Waals surface area (Å²) in [4.78, 5) is 11.5. The second-order valence-electron chi connectivity index (χ2n) is 5.13. The number of aliphatic hydroxyl groups is 1. The monoisotopic (exact) mass is 262 g/mol. The van der Waals surface area contributed by atoms with E-state index in [9.17, 15) is 9.90 Å². The third-order valence-electron chi connectivity index (χ3n) is 2.23. The lowest BCUT2D eigenvalue weighted by Crippen LogP contribution is -2.27. The Kier molecular flexibility index (Phi) is 4.90. The van der Waals surface area contributed by atoms with Crippen molar-refractivity contribution >= 4 is 11.8 Å². The number of hydrogen-bond acceptors (Lipinski definition) is 4. The van der Waals surface area contributed by atoms with E-state index in [1.54, 1.807) is 45.0 Å². The van der Waals surface area contributed by atoms with Crippen LogP contribution < -0.4 is 5.32 Å². The maximum absolute atomic E-state index is 11.5. The van der Waals surface area contributed by atoms with Crippen LogP contribution in [0, 0.1) is 11.3 Å². The van der Waals surface area contributed by atoms with Crippen LogP contribution in [0.1, 0.15) is 38.9 Å². The fraction of sp³-hybridized carbons (Fsp3) is 0.429. The molecule has 1 unspecified atom stereocenters. The molecule has 102 valence electrons. The smallest absolute Gasteiger partial charge is 0.412 e. The maximum atomic E-state index is 11.5. The number of nitrogens with zero attached hydrogens (tertiary/aromatic N) is 1. The SMILES string of the molecule is CC(C)(C)OC(=O)Nc1ccc(C(O)CC#N)cc1. The van der Waals surface area contributed by atoms with Crippen molar-refractivity contribution in [2.75, 3.05) is 5.32 Å². The van der Waals surface area contributed by atoms with Gasteiger partial charge in [-0.05, 0) is 38.5 Å². The molecule has 0 heterocycles. The Morgan fingerprint density at radius 3 is 2.47 bits per heavy atom. The number of ether oxygens (including phenoxy) is 1. The average molecular weight is 262 g/mol. The van der Waals surface area contributed by atoms with Gasteiger partial charge in [0, 0.05) is 5.69 Å². The lowest BCUT2D eigenvalue weighted by atomic mass is 10.1. The average Bonchev–Trinajstić information content (AvgIpc) is 2.27. The Balaban J connectivity index is 2.63. The number of carbonyl (C=O) groups excluding carboxylic acids is 1. The second kappa shape index (κ2) is 6.21. The minimum absolute atomic E-state index is 0.0405. The van der Waals surface area contributed by atoms with Crippen molar-refractivity contribution < 1.29 is 14.6 Å². The fourth-order valence-electron chi connectivity index (χ4n) is 1.41. The molecular formula is C14H18N2O3. The largest absolute Gasteiger partial charge is 0.444 e. The van der Waals surface area contributed by atoms with Gasteiger partial charge in [0.2, 0.25) is 0 Å². The molecule has 1 aromatic rings. The minimum Gasteiger partial charge on any atom is -0.444 e. The molecule has 19 heavy (non-hydrogen) atoms. The van der Waals surface area contributed by atoms with Crippen LogP contribution in [0.15, 0.2) is 24.3 Å². The van der Waals surface area contributed by atoms with E-state index in [1.165, 1.54) is 0 Å². The summed E-state index contributed by atoms with van der Waals surface area (Å²) in [6, 6.07) is 8.53. The standard InChI is InChI=1S/C14H18N2O3/c1-14(2,3)19-13(18)16-11-6-4-10(5-7-11)12(17)8-9-15/h4-7,12,17H,8H2,1-3H3,(H,16,18). The Morgan fingerprint density at radius 1 is 1.42 bits per heavy atom. The van der Waals surface area contributed by atoms with Gasteiger partial charge in [0.1, 0.15) is 5.60 Å². The number of nitrogens with one attached hydrogen (secondary N) is 1. The highest BCUT2D eigenvalue weighted by atomic mass is 16.6. The number of rotatable bonds is 3. The quantitative estimate of drug-likeness (QED) is 0.877. The van der Waals surface area contributed by atoms with Gasteiger partial charge in [-0.3, -0.25) is 5.32 Å². The van der Waals surface area contributed by atoms with Crippen molar-refractivity contribution in [1.82, 2.24) is 0 Å². The van der Waals surface area contributed by atoms with E-state index in [0.29, 0.717) is 11.3 Å². The van der Waals surface area contributed by atoms with Crippen LogP contribution in [-0.4, -0.2) is 16.8 Å². The lowest BCUT2D eigenvalue weighted by molar-refractivity contribution is 0.0636. The van der Waals surface area contributed by atoms with Crippen LogP contribution in [0.25, 0.3) is 0 Å². The van der Waals surface area contributed by atoms with Gasteiger partial charge in [0.25, 0.3) is 0 Å². The van der Waals surface area contributed by atoms with E-state index in [-0.39, 0.29) is 6.42 Å². The molecule has 1 rings (SSSR count). The van der Waals surface area contributed by atoms with Crippen molar-refractivity contribution in [2.45, 2.75) is 38.9 Å². The van der Waals surface area contributed by atoms with Crippen molar-refractivity contribution in [2.24, 2.45) is 0 Å². The summed E-state index contributed by atoms with van der Waals surface area (Å²) in [5.41, 5.74) is 0.658. The van der Waals surface area contributed by atoms with Gasteiger partial charge < -0.3 is 9.84 Å². The molecule has 5 heteroatoms. The summed E-state index contributed by atoms with van der Waals surface area (Å²) in [5, 5.41) is 20.7.